The Morgan fingerprint density at radius 1 is 1.29 bits per heavy atom. The fourth-order valence-electron chi connectivity index (χ4n) is 3.57. The van der Waals surface area contributed by atoms with E-state index in [-0.39, 0.29) is 41.2 Å². The van der Waals surface area contributed by atoms with Crippen LogP contribution in [0.5, 0.6) is 0 Å². The number of nitrogens with one attached hydrogen (secondary N) is 1. The number of nitrogens with two attached hydrogens (primary N) is 1. The molecule has 120 valence electrons. The van der Waals surface area contributed by atoms with Crippen LogP contribution < -0.4 is 11.1 Å². The number of hydrogen-bond donors (Lipinski definition) is 3. The van der Waals surface area contributed by atoms with Gasteiger partial charge in [0, 0.05) is 12.1 Å². The highest BCUT2D eigenvalue weighted by Crippen LogP contribution is 2.45. The number of amides is 1. The predicted octanol–water partition coefficient (Wildman–Crippen LogP) is 0.602. The molecule has 4 N–H and O–H groups in total. The van der Waals surface area contributed by atoms with Gasteiger partial charge in [-0.2, -0.15) is 0 Å². The molecule has 0 bridgehead atoms. The van der Waals surface area contributed by atoms with E-state index in [1.807, 2.05) is 20.8 Å². The van der Waals surface area contributed by atoms with Crippen LogP contribution in [-0.2, 0) is 14.3 Å². The van der Waals surface area contributed by atoms with Gasteiger partial charge in [-0.15, -0.1) is 0 Å². The average molecular weight is 298 g/mol. The lowest BCUT2D eigenvalue weighted by Gasteiger charge is -2.46. The van der Waals surface area contributed by atoms with Crippen molar-refractivity contribution < 1.29 is 19.4 Å². The van der Waals surface area contributed by atoms with E-state index in [9.17, 15) is 14.7 Å². The van der Waals surface area contributed by atoms with E-state index in [2.05, 4.69) is 5.32 Å². The molecule has 1 saturated heterocycles. The first-order chi connectivity index (χ1) is 9.75. The lowest BCUT2D eigenvalue weighted by molar-refractivity contribution is -0.150. The zero-order valence-corrected chi connectivity index (χ0v) is 13.0. The maximum Gasteiger partial charge on any atom is 0.307 e. The number of aliphatic carboxylic acids is 1. The lowest BCUT2D eigenvalue weighted by Crippen LogP contribution is -2.54. The molecular formula is C15H26N2O4. The Morgan fingerprint density at radius 2 is 1.95 bits per heavy atom. The summed E-state index contributed by atoms with van der Waals surface area (Å²) in [6.07, 6.45) is 1.28. The summed E-state index contributed by atoms with van der Waals surface area (Å²) >= 11 is 0. The van der Waals surface area contributed by atoms with Crippen molar-refractivity contribution >= 4 is 11.9 Å². The molecule has 2 aliphatic rings. The third kappa shape index (κ3) is 3.06. The molecule has 0 aromatic heterocycles. The second-order valence-corrected chi connectivity index (χ2v) is 7.00. The van der Waals surface area contributed by atoms with Gasteiger partial charge in [0.2, 0.25) is 5.91 Å². The highest BCUT2D eigenvalue weighted by atomic mass is 16.5. The van der Waals surface area contributed by atoms with Gasteiger partial charge in [-0.25, -0.2) is 0 Å². The molecule has 6 heteroatoms. The minimum absolute atomic E-state index is 0.00380. The number of carbonyl (C=O) groups excluding carboxylic acids is 1. The molecule has 0 spiro atoms. The van der Waals surface area contributed by atoms with Crippen LogP contribution in [0, 0.1) is 23.2 Å². The summed E-state index contributed by atoms with van der Waals surface area (Å²) < 4.78 is 5.23. The zero-order valence-electron chi connectivity index (χ0n) is 13.0. The molecule has 1 aliphatic heterocycles. The normalized spacial score (nSPS) is 39.0. The number of carboxylic acids is 1. The Morgan fingerprint density at radius 3 is 2.48 bits per heavy atom. The minimum Gasteiger partial charge on any atom is -0.481 e. The standard InChI is InChI=1S/C15H26N2O4/c1-8-12(5-4-10(14(19)20)15(8,2)3)17-13(18)9-6-21-7-11(9)16/h8-12H,4-7,16H2,1-3H3,(H,17,18)(H,19,20). The van der Waals surface area contributed by atoms with Gasteiger partial charge in [0.25, 0.3) is 0 Å². The lowest BCUT2D eigenvalue weighted by atomic mass is 9.61. The molecular weight excluding hydrogens is 272 g/mol. The van der Waals surface area contributed by atoms with Gasteiger partial charge in [0.15, 0.2) is 0 Å². The van der Waals surface area contributed by atoms with E-state index in [4.69, 9.17) is 10.5 Å². The number of carboxylic acid groups (broad SMARTS) is 1. The average Bonchev–Trinajstić information content (AvgIpc) is 2.81. The van der Waals surface area contributed by atoms with Crippen molar-refractivity contribution in [3.63, 3.8) is 0 Å². The summed E-state index contributed by atoms with van der Waals surface area (Å²) in [6.45, 7) is 6.75. The fourth-order valence-corrected chi connectivity index (χ4v) is 3.57. The van der Waals surface area contributed by atoms with Crippen LogP contribution >= 0.6 is 0 Å². The van der Waals surface area contributed by atoms with Crippen LogP contribution in [0.4, 0.5) is 0 Å². The Bertz CT molecular complexity index is 424. The topological polar surface area (TPSA) is 102 Å². The van der Waals surface area contributed by atoms with Crippen molar-refractivity contribution in [3.8, 4) is 0 Å². The van der Waals surface area contributed by atoms with E-state index in [1.165, 1.54) is 0 Å². The van der Waals surface area contributed by atoms with Crippen molar-refractivity contribution in [1.82, 2.24) is 5.32 Å². The molecule has 0 aromatic rings. The van der Waals surface area contributed by atoms with Gasteiger partial charge in [-0.1, -0.05) is 20.8 Å². The van der Waals surface area contributed by atoms with Crippen LogP contribution in [0.3, 0.4) is 0 Å². The molecule has 0 radical (unpaired) electrons. The largest absolute Gasteiger partial charge is 0.481 e. The Hall–Kier alpha value is -1.14. The number of ether oxygens (including phenoxy) is 1. The third-order valence-electron chi connectivity index (χ3n) is 5.53. The van der Waals surface area contributed by atoms with Crippen molar-refractivity contribution in [3.05, 3.63) is 0 Å². The van der Waals surface area contributed by atoms with E-state index < -0.39 is 5.97 Å². The molecule has 21 heavy (non-hydrogen) atoms. The molecule has 2 rings (SSSR count). The smallest absolute Gasteiger partial charge is 0.307 e. The molecule has 0 aromatic carbocycles. The van der Waals surface area contributed by atoms with E-state index in [0.29, 0.717) is 26.1 Å². The second-order valence-electron chi connectivity index (χ2n) is 7.00. The van der Waals surface area contributed by atoms with Crippen LogP contribution in [0.1, 0.15) is 33.6 Å². The first-order valence-electron chi connectivity index (χ1n) is 7.61. The van der Waals surface area contributed by atoms with Gasteiger partial charge in [-0.3, -0.25) is 9.59 Å². The third-order valence-corrected chi connectivity index (χ3v) is 5.53. The number of rotatable bonds is 3. The minimum atomic E-state index is -0.747. The monoisotopic (exact) mass is 298 g/mol. The van der Waals surface area contributed by atoms with Crippen molar-refractivity contribution in [1.29, 1.82) is 0 Å². The molecule has 2 fully saturated rings. The molecule has 1 amide bonds. The molecule has 1 saturated carbocycles. The number of hydrogen-bond acceptors (Lipinski definition) is 4. The molecule has 6 nitrogen and oxygen atoms in total. The summed E-state index contributed by atoms with van der Waals surface area (Å²) in [5.74, 6) is -1.38. The first-order valence-corrected chi connectivity index (χ1v) is 7.61. The summed E-state index contributed by atoms with van der Waals surface area (Å²) in [4.78, 5) is 23.7. The van der Waals surface area contributed by atoms with Crippen molar-refractivity contribution in [2.24, 2.45) is 28.9 Å². The van der Waals surface area contributed by atoms with Gasteiger partial charge < -0.3 is 20.9 Å². The van der Waals surface area contributed by atoms with E-state index in [0.717, 1.165) is 0 Å². The summed E-state index contributed by atoms with van der Waals surface area (Å²) in [6, 6.07) is -0.250. The molecule has 5 atom stereocenters. The summed E-state index contributed by atoms with van der Waals surface area (Å²) in [7, 11) is 0. The van der Waals surface area contributed by atoms with Gasteiger partial charge in [0.1, 0.15) is 0 Å². The maximum atomic E-state index is 12.3. The van der Waals surface area contributed by atoms with Crippen molar-refractivity contribution in [2.75, 3.05) is 13.2 Å². The number of carbonyl (C=O) groups is 2. The van der Waals surface area contributed by atoms with Crippen LogP contribution in [0.25, 0.3) is 0 Å². The Labute approximate surface area is 125 Å². The van der Waals surface area contributed by atoms with E-state index in [1.54, 1.807) is 0 Å². The van der Waals surface area contributed by atoms with Gasteiger partial charge in [-0.05, 0) is 24.2 Å². The molecule has 1 heterocycles. The summed E-state index contributed by atoms with van der Waals surface area (Å²) in [5, 5.41) is 12.4. The second kappa shape index (κ2) is 5.93. The molecule has 1 aliphatic carbocycles. The van der Waals surface area contributed by atoms with Crippen molar-refractivity contribution in [2.45, 2.75) is 45.7 Å². The molecule has 5 unspecified atom stereocenters. The Kier molecular flexibility index (Phi) is 4.58. The first kappa shape index (κ1) is 16.2. The van der Waals surface area contributed by atoms with Gasteiger partial charge in [0.05, 0.1) is 25.0 Å². The van der Waals surface area contributed by atoms with E-state index >= 15 is 0 Å². The highest BCUT2D eigenvalue weighted by Gasteiger charge is 2.47. The zero-order chi connectivity index (χ0) is 15.8. The maximum absolute atomic E-state index is 12.3. The quantitative estimate of drug-likeness (QED) is 0.708. The summed E-state index contributed by atoms with van der Waals surface area (Å²) in [5.41, 5.74) is 5.52. The van der Waals surface area contributed by atoms with Crippen LogP contribution in [0.2, 0.25) is 0 Å². The fraction of sp³-hybridized carbons (Fsp3) is 0.867. The Balaban J connectivity index is 2.02. The predicted molar refractivity (Wildman–Crippen MR) is 77.5 cm³/mol. The van der Waals surface area contributed by atoms with Gasteiger partial charge >= 0.3 is 5.97 Å². The highest BCUT2D eigenvalue weighted by molar-refractivity contribution is 5.80. The van der Waals surface area contributed by atoms with Crippen LogP contribution in [0.15, 0.2) is 0 Å². The SMILES string of the molecule is CC1C(NC(=O)C2COCC2N)CCC(C(=O)O)C1(C)C. The van der Waals surface area contributed by atoms with Crippen LogP contribution in [-0.4, -0.2) is 42.3 Å².